The number of halogens is 2. The number of nitrogens with one attached hydrogen (secondary N) is 2. The molecule has 2 rings (SSSR count). The van der Waals surface area contributed by atoms with E-state index in [0.29, 0.717) is 5.69 Å². The summed E-state index contributed by atoms with van der Waals surface area (Å²) < 4.78 is 5.06. The second-order valence-electron chi connectivity index (χ2n) is 4.32. The van der Waals surface area contributed by atoms with Gasteiger partial charge in [-0.1, -0.05) is 29.3 Å². The molecule has 120 valence electrons. The number of hydrogen-bond donors (Lipinski definition) is 2. The maximum absolute atomic E-state index is 12.0. The van der Waals surface area contributed by atoms with Crippen molar-refractivity contribution < 1.29 is 14.5 Å². The highest BCUT2D eigenvalue weighted by atomic mass is 35.5. The van der Waals surface area contributed by atoms with Gasteiger partial charge in [0.1, 0.15) is 5.75 Å². The highest BCUT2D eigenvalue weighted by molar-refractivity contribution is 6.44. The molecule has 0 atom stereocenters. The molecule has 0 bridgehead atoms. The van der Waals surface area contributed by atoms with Gasteiger partial charge in [0.25, 0.3) is 5.69 Å². The quantitative estimate of drug-likeness (QED) is 0.621. The molecule has 0 radical (unpaired) electrons. The van der Waals surface area contributed by atoms with Gasteiger partial charge in [0.15, 0.2) is 0 Å². The number of anilines is 2. The number of carbonyl (C=O) groups is 1. The van der Waals surface area contributed by atoms with Crippen LogP contribution in [0.3, 0.4) is 0 Å². The van der Waals surface area contributed by atoms with Gasteiger partial charge in [-0.3, -0.25) is 10.1 Å². The fraction of sp³-hybridized carbons (Fsp3) is 0.0714. The Bertz CT molecular complexity index is 768. The maximum Gasteiger partial charge on any atom is 0.323 e. The van der Waals surface area contributed by atoms with Crippen LogP contribution in [0.1, 0.15) is 0 Å². The first-order chi connectivity index (χ1) is 10.9. The van der Waals surface area contributed by atoms with Gasteiger partial charge in [-0.2, -0.15) is 0 Å². The maximum atomic E-state index is 12.0. The molecule has 0 aliphatic heterocycles. The molecule has 9 heteroatoms. The Morgan fingerprint density at radius 2 is 1.87 bits per heavy atom. The summed E-state index contributed by atoms with van der Waals surface area (Å²) in [6, 6.07) is 7.98. The van der Waals surface area contributed by atoms with Crippen LogP contribution in [-0.4, -0.2) is 18.1 Å². The number of non-ortho nitro benzene ring substituents is 1. The van der Waals surface area contributed by atoms with Crippen molar-refractivity contribution in [2.45, 2.75) is 0 Å². The van der Waals surface area contributed by atoms with Gasteiger partial charge in [-0.05, 0) is 18.2 Å². The van der Waals surface area contributed by atoms with E-state index in [4.69, 9.17) is 27.9 Å². The Hall–Kier alpha value is -2.51. The van der Waals surface area contributed by atoms with Crippen molar-refractivity contribution in [2.24, 2.45) is 0 Å². The average molecular weight is 356 g/mol. The number of nitrogens with zero attached hydrogens (tertiary/aromatic N) is 1. The number of urea groups is 1. The average Bonchev–Trinajstić information content (AvgIpc) is 2.51. The topological polar surface area (TPSA) is 93.5 Å². The molecular formula is C14H11Cl2N3O4. The molecule has 23 heavy (non-hydrogen) atoms. The predicted molar refractivity (Wildman–Crippen MR) is 88.8 cm³/mol. The summed E-state index contributed by atoms with van der Waals surface area (Å²) in [6.07, 6.45) is 0. The highest BCUT2D eigenvalue weighted by Gasteiger charge is 2.14. The third kappa shape index (κ3) is 4.02. The largest absolute Gasteiger partial charge is 0.495 e. The molecule has 0 saturated carbocycles. The zero-order chi connectivity index (χ0) is 17.0. The van der Waals surface area contributed by atoms with Gasteiger partial charge in [0.05, 0.1) is 33.5 Å². The lowest BCUT2D eigenvalue weighted by molar-refractivity contribution is -0.384. The van der Waals surface area contributed by atoms with Crippen LogP contribution >= 0.6 is 23.2 Å². The first-order valence-electron chi connectivity index (χ1n) is 6.27. The standard InChI is InChI=1S/C14H11Cl2N3O4/c1-23-12-6-5-8(19(21)22)7-11(12)18-14(20)17-10-4-2-3-9(15)13(10)16/h2-7H,1H3,(H2,17,18,20). The lowest BCUT2D eigenvalue weighted by Gasteiger charge is -2.12. The Kier molecular flexibility index (Phi) is 5.25. The zero-order valence-electron chi connectivity index (χ0n) is 11.8. The van der Waals surface area contributed by atoms with Crippen molar-refractivity contribution in [3.63, 3.8) is 0 Å². The van der Waals surface area contributed by atoms with Gasteiger partial charge < -0.3 is 15.4 Å². The molecule has 0 aliphatic carbocycles. The lowest BCUT2D eigenvalue weighted by atomic mass is 10.2. The molecule has 0 heterocycles. The van der Waals surface area contributed by atoms with Crippen LogP contribution in [0.4, 0.5) is 21.9 Å². The monoisotopic (exact) mass is 355 g/mol. The number of carbonyl (C=O) groups excluding carboxylic acids is 1. The van der Waals surface area contributed by atoms with Crippen LogP contribution in [0, 0.1) is 10.1 Å². The van der Waals surface area contributed by atoms with Gasteiger partial charge in [0, 0.05) is 12.1 Å². The molecule has 0 aliphatic rings. The number of benzene rings is 2. The summed E-state index contributed by atoms with van der Waals surface area (Å²) >= 11 is 11.8. The Labute approximate surface area is 141 Å². The summed E-state index contributed by atoms with van der Waals surface area (Å²) in [5, 5.41) is 16.3. The number of methoxy groups -OCH3 is 1. The van der Waals surface area contributed by atoms with E-state index >= 15 is 0 Å². The zero-order valence-corrected chi connectivity index (χ0v) is 13.3. The molecule has 2 aromatic rings. The minimum absolute atomic E-state index is 0.150. The smallest absolute Gasteiger partial charge is 0.323 e. The van der Waals surface area contributed by atoms with E-state index in [1.54, 1.807) is 18.2 Å². The fourth-order valence-corrected chi connectivity index (χ4v) is 2.13. The van der Waals surface area contributed by atoms with Crippen molar-refractivity contribution in [3.05, 3.63) is 56.6 Å². The predicted octanol–water partition coefficient (Wildman–Crippen LogP) is 4.55. The van der Waals surface area contributed by atoms with Crippen LogP contribution in [0.2, 0.25) is 10.0 Å². The molecule has 0 fully saturated rings. The Morgan fingerprint density at radius 1 is 1.17 bits per heavy atom. The van der Waals surface area contributed by atoms with Crippen LogP contribution < -0.4 is 15.4 Å². The van der Waals surface area contributed by atoms with Gasteiger partial charge in [0.2, 0.25) is 0 Å². The van der Waals surface area contributed by atoms with Gasteiger partial charge >= 0.3 is 6.03 Å². The number of hydrogen-bond acceptors (Lipinski definition) is 4. The number of nitro benzene ring substituents is 1. The van der Waals surface area contributed by atoms with Crippen LogP contribution in [0.15, 0.2) is 36.4 Å². The van der Waals surface area contributed by atoms with Crippen LogP contribution in [0.5, 0.6) is 5.75 Å². The number of nitro groups is 1. The van der Waals surface area contributed by atoms with E-state index in [2.05, 4.69) is 10.6 Å². The normalized spacial score (nSPS) is 10.0. The van der Waals surface area contributed by atoms with Crippen LogP contribution in [0.25, 0.3) is 0 Å². The van der Waals surface area contributed by atoms with Crippen molar-refractivity contribution in [1.29, 1.82) is 0 Å². The molecular weight excluding hydrogens is 345 g/mol. The molecule has 2 amide bonds. The molecule has 0 saturated heterocycles. The summed E-state index contributed by atoms with van der Waals surface area (Å²) in [5.41, 5.74) is 0.278. The molecule has 0 unspecified atom stereocenters. The minimum atomic E-state index is -0.645. The fourth-order valence-electron chi connectivity index (χ4n) is 1.78. The highest BCUT2D eigenvalue weighted by Crippen LogP contribution is 2.31. The van der Waals surface area contributed by atoms with Crippen molar-refractivity contribution in [3.8, 4) is 5.75 Å². The van der Waals surface area contributed by atoms with Crippen LogP contribution in [-0.2, 0) is 0 Å². The number of rotatable bonds is 4. The summed E-state index contributed by atoms with van der Waals surface area (Å²) in [4.78, 5) is 22.3. The molecule has 0 spiro atoms. The van der Waals surface area contributed by atoms with Gasteiger partial charge in [-0.25, -0.2) is 4.79 Å². The van der Waals surface area contributed by atoms with E-state index in [9.17, 15) is 14.9 Å². The second kappa shape index (κ2) is 7.17. The van der Waals surface area contributed by atoms with Crippen molar-refractivity contribution in [1.82, 2.24) is 0 Å². The Morgan fingerprint density at radius 3 is 2.52 bits per heavy atom. The van der Waals surface area contributed by atoms with E-state index in [-0.39, 0.29) is 27.2 Å². The van der Waals surface area contributed by atoms with Gasteiger partial charge in [-0.15, -0.1) is 0 Å². The van der Waals surface area contributed by atoms with Crippen molar-refractivity contribution in [2.75, 3.05) is 17.7 Å². The third-order valence-electron chi connectivity index (χ3n) is 2.84. The molecule has 0 aromatic heterocycles. The summed E-state index contributed by atoms with van der Waals surface area (Å²) in [7, 11) is 1.39. The molecule has 2 N–H and O–H groups in total. The van der Waals surface area contributed by atoms with E-state index < -0.39 is 11.0 Å². The second-order valence-corrected chi connectivity index (χ2v) is 5.11. The minimum Gasteiger partial charge on any atom is -0.495 e. The van der Waals surface area contributed by atoms with E-state index in [1.807, 2.05) is 0 Å². The first kappa shape index (κ1) is 16.9. The molecule has 7 nitrogen and oxygen atoms in total. The first-order valence-corrected chi connectivity index (χ1v) is 7.02. The van der Waals surface area contributed by atoms with Crippen molar-refractivity contribution >= 4 is 46.3 Å². The third-order valence-corrected chi connectivity index (χ3v) is 3.66. The number of amides is 2. The summed E-state index contributed by atoms with van der Waals surface area (Å²) in [6.45, 7) is 0. The lowest BCUT2D eigenvalue weighted by Crippen LogP contribution is -2.20. The van der Waals surface area contributed by atoms with E-state index in [0.717, 1.165) is 0 Å². The van der Waals surface area contributed by atoms with E-state index in [1.165, 1.54) is 25.3 Å². The SMILES string of the molecule is COc1ccc([N+](=O)[O-])cc1NC(=O)Nc1cccc(Cl)c1Cl. The Balaban J connectivity index is 2.21. The summed E-state index contributed by atoms with van der Waals surface area (Å²) in [5.74, 6) is 0.281. The number of ether oxygens (including phenoxy) is 1. The molecule has 2 aromatic carbocycles.